The van der Waals surface area contributed by atoms with Crippen molar-refractivity contribution in [3.05, 3.63) is 106 Å². The first kappa shape index (κ1) is 34.2. The summed E-state index contributed by atoms with van der Waals surface area (Å²) in [7, 11) is 1.39. The Morgan fingerprint density at radius 2 is 1.36 bits per heavy atom. The predicted molar refractivity (Wildman–Crippen MR) is 152 cm³/mol. The monoisotopic (exact) mass is 672 g/mol. The molecule has 1 saturated heterocycles. The zero-order valence-corrected chi connectivity index (χ0v) is 24.9. The molecule has 0 N–H and O–H groups in total. The van der Waals surface area contributed by atoms with Crippen LogP contribution in [0.1, 0.15) is 45.0 Å². The fourth-order valence-corrected chi connectivity index (χ4v) is 5.54. The number of anilines is 1. The van der Waals surface area contributed by atoms with E-state index in [1.807, 2.05) is 30.3 Å². The first-order valence-electron chi connectivity index (χ1n) is 14.4. The van der Waals surface area contributed by atoms with E-state index in [1.165, 1.54) is 18.0 Å². The van der Waals surface area contributed by atoms with E-state index in [2.05, 4.69) is 20.3 Å². The van der Waals surface area contributed by atoms with E-state index >= 15 is 0 Å². The van der Waals surface area contributed by atoms with Crippen molar-refractivity contribution in [3.8, 4) is 0 Å². The van der Waals surface area contributed by atoms with Crippen molar-refractivity contribution in [1.29, 1.82) is 0 Å². The highest BCUT2D eigenvalue weighted by Gasteiger charge is 2.38. The molecule has 0 aliphatic carbocycles. The van der Waals surface area contributed by atoms with Crippen LogP contribution in [0.4, 0.5) is 45.5 Å². The van der Waals surface area contributed by atoms with Gasteiger partial charge in [0.25, 0.3) is 5.95 Å². The molecule has 1 aromatic heterocycles. The molecule has 4 aromatic rings. The molecule has 1 atom stereocenters. The predicted octanol–water partition coefficient (Wildman–Crippen LogP) is 7.09. The number of nitrogens with zero attached hydrogens (tertiary/aromatic N) is 6. The van der Waals surface area contributed by atoms with Crippen LogP contribution in [-0.2, 0) is 49.8 Å². The standard InChI is InChI=1S/C31H29F9N6O/c1-44-42-28(41-43-44)46(18-21-13-24(30(35,36)37)17-25(14-21)31(38,39)40)19-22-16-23(29(32,33)34)7-8-26(22)27(45-9-11-47-12-10-45)15-20-5-3-2-4-6-20/h2-8,13-14,16-17,27H,9-12,15,18-19H2,1H3. The summed E-state index contributed by atoms with van der Waals surface area (Å²) < 4.78 is 130. The SMILES string of the molecule is Cn1nnc(N(Cc2cc(C(F)(F)F)cc(C(F)(F)F)c2)Cc2cc(C(F)(F)F)ccc2C(Cc2ccccc2)N2CCOCC2)n1. The van der Waals surface area contributed by atoms with Crippen LogP contribution in [0.2, 0.25) is 0 Å². The van der Waals surface area contributed by atoms with Crippen molar-refractivity contribution >= 4 is 5.95 Å². The quantitative estimate of drug-likeness (QED) is 0.177. The van der Waals surface area contributed by atoms with Gasteiger partial charge in [-0.3, -0.25) is 4.90 Å². The second-order valence-corrected chi connectivity index (χ2v) is 11.1. The molecule has 7 nitrogen and oxygen atoms in total. The molecule has 0 bridgehead atoms. The van der Waals surface area contributed by atoms with Crippen molar-refractivity contribution in [2.24, 2.45) is 7.05 Å². The van der Waals surface area contributed by atoms with Crippen LogP contribution in [0.5, 0.6) is 0 Å². The minimum Gasteiger partial charge on any atom is -0.379 e. The smallest absolute Gasteiger partial charge is 0.379 e. The Morgan fingerprint density at radius 1 is 0.745 bits per heavy atom. The van der Waals surface area contributed by atoms with Crippen LogP contribution in [0.25, 0.3) is 0 Å². The lowest BCUT2D eigenvalue weighted by Gasteiger charge is -2.36. The molecule has 1 fully saturated rings. The number of alkyl halides is 9. The zero-order chi connectivity index (χ0) is 34.0. The van der Waals surface area contributed by atoms with Gasteiger partial charge in [0, 0.05) is 32.2 Å². The minimum atomic E-state index is -5.09. The van der Waals surface area contributed by atoms with Gasteiger partial charge in [0.2, 0.25) is 0 Å². The molecule has 47 heavy (non-hydrogen) atoms. The molecule has 0 spiro atoms. The maximum atomic E-state index is 14.0. The van der Waals surface area contributed by atoms with Gasteiger partial charge in [-0.05, 0) is 64.2 Å². The average molecular weight is 673 g/mol. The van der Waals surface area contributed by atoms with Crippen molar-refractivity contribution < 1.29 is 44.3 Å². The molecule has 0 saturated carbocycles. The van der Waals surface area contributed by atoms with E-state index in [-0.39, 0.29) is 17.6 Å². The molecule has 252 valence electrons. The van der Waals surface area contributed by atoms with Gasteiger partial charge in [0.1, 0.15) is 0 Å². The molecule has 16 heteroatoms. The van der Waals surface area contributed by atoms with Crippen LogP contribution in [0.15, 0.2) is 66.7 Å². The number of hydrogen-bond acceptors (Lipinski definition) is 6. The molecule has 0 radical (unpaired) electrons. The lowest BCUT2D eigenvalue weighted by molar-refractivity contribution is -0.143. The van der Waals surface area contributed by atoms with Crippen LogP contribution >= 0.6 is 0 Å². The Kier molecular flexibility index (Phi) is 9.82. The van der Waals surface area contributed by atoms with E-state index in [0.717, 1.165) is 22.5 Å². The maximum Gasteiger partial charge on any atom is 0.416 e. The third kappa shape index (κ3) is 8.60. The Morgan fingerprint density at radius 3 is 1.91 bits per heavy atom. The van der Waals surface area contributed by atoms with Crippen LogP contribution in [-0.4, -0.2) is 51.4 Å². The first-order chi connectivity index (χ1) is 22.1. The Labute approximate surface area is 263 Å². The van der Waals surface area contributed by atoms with Crippen molar-refractivity contribution in [3.63, 3.8) is 0 Å². The Hall–Kier alpha value is -4.18. The van der Waals surface area contributed by atoms with E-state index in [4.69, 9.17) is 4.74 Å². The third-order valence-corrected chi connectivity index (χ3v) is 7.75. The molecular formula is C31H29F9N6O. The molecule has 1 unspecified atom stereocenters. The summed E-state index contributed by atoms with van der Waals surface area (Å²) in [4.78, 5) is 4.31. The number of tetrazole rings is 1. The zero-order valence-electron chi connectivity index (χ0n) is 24.9. The molecule has 2 heterocycles. The number of hydrogen-bond donors (Lipinski definition) is 0. The topological polar surface area (TPSA) is 59.3 Å². The lowest BCUT2D eigenvalue weighted by atomic mass is 9.91. The first-order valence-corrected chi connectivity index (χ1v) is 14.4. The molecule has 1 aliphatic rings. The normalized spacial score (nSPS) is 15.5. The van der Waals surface area contributed by atoms with Crippen molar-refractivity contribution in [2.45, 2.75) is 44.1 Å². The van der Waals surface area contributed by atoms with Crippen LogP contribution in [0.3, 0.4) is 0 Å². The number of rotatable bonds is 9. The van der Waals surface area contributed by atoms with Crippen LogP contribution in [0, 0.1) is 0 Å². The second kappa shape index (κ2) is 13.5. The number of benzene rings is 3. The number of ether oxygens (including phenoxy) is 1. The van der Waals surface area contributed by atoms with Gasteiger partial charge in [0.15, 0.2) is 0 Å². The van der Waals surface area contributed by atoms with Gasteiger partial charge < -0.3 is 9.64 Å². The number of aryl methyl sites for hydroxylation is 1. The van der Waals surface area contributed by atoms with E-state index in [1.54, 1.807) is 0 Å². The summed E-state index contributed by atoms with van der Waals surface area (Å²) in [6.07, 6.45) is -14.5. The van der Waals surface area contributed by atoms with Gasteiger partial charge >= 0.3 is 18.5 Å². The number of halogens is 9. The van der Waals surface area contributed by atoms with E-state index in [0.29, 0.717) is 50.4 Å². The van der Waals surface area contributed by atoms with Gasteiger partial charge in [0.05, 0.1) is 37.0 Å². The Bertz CT molecular complexity index is 1620. The summed E-state index contributed by atoms with van der Waals surface area (Å²) in [6, 6.07) is 13.3. The average Bonchev–Trinajstić information content (AvgIpc) is 3.45. The highest BCUT2D eigenvalue weighted by Crippen LogP contribution is 2.38. The van der Waals surface area contributed by atoms with Crippen molar-refractivity contribution in [2.75, 3.05) is 31.2 Å². The summed E-state index contributed by atoms with van der Waals surface area (Å²) in [5, 5.41) is 11.7. The summed E-state index contributed by atoms with van der Waals surface area (Å²) in [5.74, 6) is -0.201. The molecule has 0 amide bonds. The lowest BCUT2D eigenvalue weighted by Crippen LogP contribution is -2.40. The van der Waals surface area contributed by atoms with Gasteiger partial charge in [-0.2, -0.15) is 44.3 Å². The van der Waals surface area contributed by atoms with Crippen LogP contribution < -0.4 is 4.90 Å². The highest BCUT2D eigenvalue weighted by molar-refractivity contribution is 5.42. The molecular weight excluding hydrogens is 643 g/mol. The molecule has 3 aromatic carbocycles. The highest BCUT2D eigenvalue weighted by atomic mass is 19.4. The largest absolute Gasteiger partial charge is 0.416 e. The van der Waals surface area contributed by atoms with E-state index in [9.17, 15) is 39.5 Å². The number of morpholine rings is 1. The summed E-state index contributed by atoms with van der Waals surface area (Å²) >= 11 is 0. The fourth-order valence-electron chi connectivity index (χ4n) is 5.54. The third-order valence-electron chi connectivity index (χ3n) is 7.75. The van der Waals surface area contributed by atoms with Gasteiger partial charge in [-0.25, -0.2) is 0 Å². The second-order valence-electron chi connectivity index (χ2n) is 11.1. The van der Waals surface area contributed by atoms with Gasteiger partial charge in [-0.15, -0.1) is 5.10 Å². The van der Waals surface area contributed by atoms with Crippen molar-refractivity contribution in [1.82, 2.24) is 25.1 Å². The van der Waals surface area contributed by atoms with E-state index < -0.39 is 59.9 Å². The van der Waals surface area contributed by atoms with Gasteiger partial charge in [-0.1, -0.05) is 41.5 Å². The summed E-state index contributed by atoms with van der Waals surface area (Å²) in [6.45, 7) is 0.769. The summed E-state index contributed by atoms with van der Waals surface area (Å²) in [5.41, 5.74) is -2.87. The minimum absolute atomic E-state index is 0.00976. The maximum absolute atomic E-state index is 14.0. The number of aromatic nitrogens is 4. The molecule has 5 rings (SSSR count). The fraction of sp³-hybridized carbons (Fsp3) is 0.387. The Balaban J connectivity index is 1.62. The molecule has 1 aliphatic heterocycles.